The number of aryl methyl sites for hydroxylation is 1. The van der Waals surface area contributed by atoms with E-state index in [2.05, 4.69) is 43.0 Å². The Labute approximate surface area is 108 Å². The number of nitrogens with zero attached hydrogens (tertiary/aromatic N) is 2. The van der Waals surface area contributed by atoms with Crippen LogP contribution in [0.2, 0.25) is 0 Å². The second-order valence-electron chi connectivity index (χ2n) is 5.48. The van der Waals surface area contributed by atoms with E-state index in [1.54, 1.807) is 6.92 Å². The quantitative estimate of drug-likeness (QED) is 0.841. The molecule has 0 aliphatic rings. The fourth-order valence-corrected chi connectivity index (χ4v) is 1.28. The van der Waals surface area contributed by atoms with Crippen molar-refractivity contribution < 1.29 is 9.90 Å². The molecule has 0 fully saturated rings. The third kappa shape index (κ3) is 3.42. The van der Waals surface area contributed by atoms with Gasteiger partial charge in [-0.15, -0.1) is 0 Å². The van der Waals surface area contributed by atoms with Gasteiger partial charge in [-0.05, 0) is 18.3 Å². The Bertz CT molecular complexity index is 442. The van der Waals surface area contributed by atoms with E-state index < -0.39 is 5.97 Å². The SMILES string of the molecule is Cc1ncc(C(=O)O)c(NCC(C)(C)C(C)C)n1. The lowest BCUT2D eigenvalue weighted by molar-refractivity contribution is 0.0697. The topological polar surface area (TPSA) is 75.1 Å². The fourth-order valence-electron chi connectivity index (χ4n) is 1.28. The van der Waals surface area contributed by atoms with E-state index in [0.717, 1.165) is 0 Å². The molecular formula is C13H21N3O2. The molecule has 0 spiro atoms. The number of hydrogen-bond donors (Lipinski definition) is 2. The first-order valence-electron chi connectivity index (χ1n) is 6.05. The lowest BCUT2D eigenvalue weighted by Gasteiger charge is -2.29. The minimum atomic E-state index is -1.01. The molecule has 1 aromatic rings. The van der Waals surface area contributed by atoms with Gasteiger partial charge in [-0.3, -0.25) is 0 Å². The normalized spacial score (nSPS) is 11.7. The van der Waals surface area contributed by atoms with E-state index in [0.29, 0.717) is 24.1 Å². The van der Waals surface area contributed by atoms with E-state index in [4.69, 9.17) is 5.11 Å². The number of hydrogen-bond acceptors (Lipinski definition) is 4. The zero-order chi connectivity index (χ0) is 13.9. The van der Waals surface area contributed by atoms with Gasteiger partial charge < -0.3 is 10.4 Å². The van der Waals surface area contributed by atoms with Gasteiger partial charge in [-0.25, -0.2) is 14.8 Å². The smallest absolute Gasteiger partial charge is 0.341 e. The molecule has 0 unspecified atom stereocenters. The molecule has 0 atom stereocenters. The van der Waals surface area contributed by atoms with Gasteiger partial charge >= 0.3 is 5.97 Å². The van der Waals surface area contributed by atoms with Crippen molar-refractivity contribution in [1.29, 1.82) is 0 Å². The Morgan fingerprint density at radius 3 is 2.61 bits per heavy atom. The highest BCUT2D eigenvalue weighted by Crippen LogP contribution is 2.26. The Kier molecular flexibility index (Phi) is 4.27. The van der Waals surface area contributed by atoms with Crippen molar-refractivity contribution in [3.05, 3.63) is 17.6 Å². The van der Waals surface area contributed by atoms with Gasteiger partial charge in [0.05, 0.1) is 0 Å². The number of aromatic nitrogens is 2. The first-order chi connectivity index (χ1) is 8.24. The molecule has 1 heterocycles. The molecule has 0 radical (unpaired) electrons. The third-order valence-corrected chi connectivity index (χ3v) is 3.41. The van der Waals surface area contributed by atoms with Gasteiger partial charge in [0, 0.05) is 12.7 Å². The summed E-state index contributed by atoms with van der Waals surface area (Å²) in [5.74, 6) is 0.426. The minimum absolute atomic E-state index is 0.0641. The number of carboxylic acid groups (broad SMARTS) is 1. The zero-order valence-corrected chi connectivity index (χ0v) is 11.6. The minimum Gasteiger partial charge on any atom is -0.477 e. The molecule has 18 heavy (non-hydrogen) atoms. The van der Waals surface area contributed by atoms with Crippen LogP contribution in [0.1, 0.15) is 43.9 Å². The Hall–Kier alpha value is -1.65. The van der Waals surface area contributed by atoms with Crippen LogP contribution in [0.4, 0.5) is 5.82 Å². The summed E-state index contributed by atoms with van der Waals surface area (Å²) in [6.45, 7) is 11.0. The van der Waals surface area contributed by atoms with Gasteiger partial charge in [-0.1, -0.05) is 27.7 Å². The molecule has 2 N–H and O–H groups in total. The van der Waals surface area contributed by atoms with Crippen LogP contribution in [0.15, 0.2) is 6.20 Å². The average molecular weight is 251 g/mol. The summed E-state index contributed by atoms with van der Waals surface area (Å²) in [7, 11) is 0. The lowest BCUT2D eigenvalue weighted by Crippen LogP contribution is -2.29. The molecule has 5 nitrogen and oxygen atoms in total. The largest absolute Gasteiger partial charge is 0.477 e. The third-order valence-electron chi connectivity index (χ3n) is 3.41. The van der Waals surface area contributed by atoms with Crippen molar-refractivity contribution in [2.24, 2.45) is 11.3 Å². The molecular weight excluding hydrogens is 230 g/mol. The molecule has 5 heteroatoms. The van der Waals surface area contributed by atoms with Crippen LogP contribution in [0.25, 0.3) is 0 Å². The maximum Gasteiger partial charge on any atom is 0.341 e. The number of anilines is 1. The molecule has 0 bridgehead atoms. The van der Waals surface area contributed by atoms with Gasteiger partial charge in [0.2, 0.25) is 0 Å². The van der Waals surface area contributed by atoms with Gasteiger partial charge in [-0.2, -0.15) is 0 Å². The lowest BCUT2D eigenvalue weighted by atomic mass is 9.81. The second-order valence-corrected chi connectivity index (χ2v) is 5.48. The van der Waals surface area contributed by atoms with Crippen molar-refractivity contribution in [3.63, 3.8) is 0 Å². The Balaban J connectivity index is 2.90. The van der Waals surface area contributed by atoms with Crippen molar-refractivity contribution in [3.8, 4) is 0 Å². The highest BCUT2D eigenvalue weighted by atomic mass is 16.4. The molecule has 0 aliphatic carbocycles. The van der Waals surface area contributed by atoms with E-state index in [1.165, 1.54) is 6.20 Å². The van der Waals surface area contributed by atoms with Crippen LogP contribution >= 0.6 is 0 Å². The molecule has 0 amide bonds. The summed E-state index contributed by atoms with van der Waals surface area (Å²) in [5.41, 5.74) is 0.175. The van der Waals surface area contributed by atoms with Crippen molar-refractivity contribution in [2.75, 3.05) is 11.9 Å². The van der Waals surface area contributed by atoms with Gasteiger partial charge in [0.1, 0.15) is 17.2 Å². The van der Waals surface area contributed by atoms with E-state index in [-0.39, 0.29) is 11.0 Å². The number of nitrogens with one attached hydrogen (secondary N) is 1. The summed E-state index contributed by atoms with van der Waals surface area (Å²) in [6.07, 6.45) is 1.34. The monoisotopic (exact) mass is 251 g/mol. The number of carboxylic acids is 1. The Morgan fingerprint density at radius 2 is 2.11 bits per heavy atom. The summed E-state index contributed by atoms with van der Waals surface area (Å²) < 4.78 is 0. The van der Waals surface area contributed by atoms with E-state index in [9.17, 15) is 4.79 Å². The molecule has 1 aromatic heterocycles. The predicted octanol–water partition coefficient (Wildman–Crippen LogP) is 2.58. The number of aromatic carboxylic acids is 1. The summed E-state index contributed by atoms with van der Waals surface area (Å²) >= 11 is 0. The first-order valence-corrected chi connectivity index (χ1v) is 6.05. The van der Waals surface area contributed by atoms with Crippen LogP contribution < -0.4 is 5.32 Å². The molecule has 0 saturated heterocycles. The van der Waals surface area contributed by atoms with Crippen LogP contribution in [-0.4, -0.2) is 27.6 Å². The zero-order valence-electron chi connectivity index (χ0n) is 11.6. The van der Waals surface area contributed by atoms with Crippen LogP contribution in [-0.2, 0) is 0 Å². The molecule has 0 saturated carbocycles. The van der Waals surface area contributed by atoms with Gasteiger partial charge in [0.25, 0.3) is 0 Å². The molecule has 1 rings (SSSR count). The molecule has 0 aliphatic heterocycles. The Morgan fingerprint density at radius 1 is 1.50 bits per heavy atom. The molecule has 0 aromatic carbocycles. The maximum absolute atomic E-state index is 11.1. The summed E-state index contributed by atoms with van der Waals surface area (Å²) in [4.78, 5) is 19.1. The fraction of sp³-hybridized carbons (Fsp3) is 0.615. The van der Waals surface area contributed by atoms with Crippen molar-refractivity contribution in [2.45, 2.75) is 34.6 Å². The van der Waals surface area contributed by atoms with E-state index >= 15 is 0 Å². The second kappa shape index (κ2) is 5.33. The van der Waals surface area contributed by atoms with Crippen LogP contribution in [0, 0.1) is 18.3 Å². The standard InChI is InChI=1S/C13H21N3O2/c1-8(2)13(4,5)7-15-11-10(12(17)18)6-14-9(3)16-11/h6,8H,7H2,1-5H3,(H,17,18)(H,14,15,16). The molecule has 100 valence electrons. The van der Waals surface area contributed by atoms with Gasteiger partial charge in [0.15, 0.2) is 0 Å². The predicted molar refractivity (Wildman–Crippen MR) is 70.8 cm³/mol. The average Bonchev–Trinajstić information content (AvgIpc) is 2.26. The highest BCUT2D eigenvalue weighted by molar-refractivity contribution is 5.92. The van der Waals surface area contributed by atoms with Crippen molar-refractivity contribution >= 4 is 11.8 Å². The maximum atomic E-state index is 11.1. The summed E-state index contributed by atoms with van der Waals surface area (Å²) in [5, 5.41) is 12.2. The number of rotatable bonds is 5. The van der Waals surface area contributed by atoms with Crippen LogP contribution in [0.5, 0.6) is 0 Å². The summed E-state index contributed by atoms with van der Waals surface area (Å²) in [6, 6.07) is 0. The first kappa shape index (κ1) is 14.4. The van der Waals surface area contributed by atoms with E-state index in [1.807, 2.05) is 0 Å². The van der Waals surface area contributed by atoms with Crippen LogP contribution in [0.3, 0.4) is 0 Å². The number of carbonyl (C=O) groups is 1. The highest BCUT2D eigenvalue weighted by Gasteiger charge is 2.23. The van der Waals surface area contributed by atoms with Crippen molar-refractivity contribution in [1.82, 2.24) is 9.97 Å².